The van der Waals surface area contributed by atoms with E-state index in [1.54, 1.807) is 0 Å². The molecule has 0 amide bonds. The third kappa shape index (κ3) is 2.68. The summed E-state index contributed by atoms with van der Waals surface area (Å²) in [5.74, 6) is 0. The maximum Gasteiger partial charge on any atom is 0.0483 e. The van der Waals surface area contributed by atoms with Crippen LogP contribution >= 0.6 is 0 Å². The molecule has 3 nitrogen and oxygen atoms in total. The molecule has 2 N–H and O–H groups in total. The van der Waals surface area contributed by atoms with Crippen LogP contribution in [0, 0.1) is 0 Å². The highest BCUT2D eigenvalue weighted by Gasteiger charge is 2.03. The number of aryl methyl sites for hydroxylation is 1. The number of fused-ring (bicyclic) bond motifs is 1. The van der Waals surface area contributed by atoms with Crippen LogP contribution in [0.5, 0.6) is 0 Å². The third-order valence-electron chi connectivity index (χ3n) is 3.02. The van der Waals surface area contributed by atoms with Gasteiger partial charge in [0.15, 0.2) is 0 Å². The van der Waals surface area contributed by atoms with Crippen molar-refractivity contribution in [1.29, 1.82) is 0 Å². The summed E-state index contributed by atoms with van der Waals surface area (Å²) in [6.07, 6.45) is 3.18. The predicted molar refractivity (Wildman–Crippen MR) is 70.9 cm³/mol. The summed E-state index contributed by atoms with van der Waals surface area (Å²) >= 11 is 0. The number of benzene rings is 1. The first kappa shape index (κ1) is 12.1. The van der Waals surface area contributed by atoms with Crippen molar-refractivity contribution in [2.75, 3.05) is 13.2 Å². The molecule has 2 rings (SSSR count). The summed E-state index contributed by atoms with van der Waals surface area (Å²) in [5.41, 5.74) is 8.22. The monoisotopic (exact) mass is 232 g/mol. The van der Waals surface area contributed by atoms with Crippen LogP contribution in [0.2, 0.25) is 0 Å². The van der Waals surface area contributed by atoms with Gasteiger partial charge in [0.1, 0.15) is 0 Å². The van der Waals surface area contributed by atoms with Gasteiger partial charge in [0, 0.05) is 43.4 Å². The summed E-state index contributed by atoms with van der Waals surface area (Å²) in [6, 6.07) is 8.46. The molecule has 0 saturated carbocycles. The number of hydrogen-bond acceptors (Lipinski definition) is 2. The Labute approximate surface area is 102 Å². The zero-order valence-corrected chi connectivity index (χ0v) is 10.4. The molecule has 3 heteroatoms. The Bertz CT molecular complexity index is 476. The summed E-state index contributed by atoms with van der Waals surface area (Å²) in [7, 11) is 0. The molecule has 0 fully saturated rings. The second-order valence-corrected chi connectivity index (χ2v) is 4.11. The molecule has 0 saturated heterocycles. The van der Waals surface area contributed by atoms with E-state index in [4.69, 9.17) is 10.5 Å². The summed E-state index contributed by atoms with van der Waals surface area (Å²) < 4.78 is 7.63. The van der Waals surface area contributed by atoms with Crippen LogP contribution in [0.15, 0.2) is 30.5 Å². The van der Waals surface area contributed by atoms with Gasteiger partial charge in [-0.05, 0) is 31.0 Å². The van der Waals surface area contributed by atoms with E-state index in [-0.39, 0.29) is 0 Å². The second-order valence-electron chi connectivity index (χ2n) is 4.11. The topological polar surface area (TPSA) is 40.2 Å². The zero-order valence-electron chi connectivity index (χ0n) is 10.4. The number of hydrogen-bond donors (Lipinski definition) is 1. The van der Waals surface area contributed by atoms with Gasteiger partial charge in [-0.2, -0.15) is 0 Å². The van der Waals surface area contributed by atoms with Gasteiger partial charge < -0.3 is 15.0 Å². The van der Waals surface area contributed by atoms with E-state index in [1.807, 2.05) is 6.92 Å². The first-order valence-corrected chi connectivity index (χ1v) is 6.21. The molecular weight excluding hydrogens is 212 g/mol. The van der Waals surface area contributed by atoms with E-state index in [0.717, 1.165) is 26.2 Å². The van der Waals surface area contributed by atoms with Gasteiger partial charge in [0.25, 0.3) is 0 Å². The van der Waals surface area contributed by atoms with E-state index < -0.39 is 0 Å². The quantitative estimate of drug-likeness (QED) is 0.777. The van der Waals surface area contributed by atoms with Crippen molar-refractivity contribution in [2.45, 2.75) is 26.4 Å². The lowest BCUT2D eigenvalue weighted by Crippen LogP contribution is -2.02. The van der Waals surface area contributed by atoms with Gasteiger partial charge in [-0.25, -0.2) is 0 Å². The number of ether oxygens (including phenoxy) is 1. The van der Waals surface area contributed by atoms with Crippen molar-refractivity contribution < 1.29 is 4.74 Å². The fourth-order valence-electron chi connectivity index (χ4n) is 2.14. The van der Waals surface area contributed by atoms with E-state index in [1.165, 1.54) is 16.5 Å². The average Bonchev–Trinajstić information content (AvgIpc) is 2.78. The maximum absolute atomic E-state index is 5.74. The van der Waals surface area contributed by atoms with Crippen LogP contribution in [0.1, 0.15) is 18.9 Å². The molecule has 0 spiro atoms. The van der Waals surface area contributed by atoms with Gasteiger partial charge in [-0.3, -0.25) is 0 Å². The van der Waals surface area contributed by atoms with Gasteiger partial charge in [0.2, 0.25) is 0 Å². The minimum atomic E-state index is 0.598. The smallest absolute Gasteiger partial charge is 0.0483 e. The molecule has 1 heterocycles. The fourth-order valence-corrected chi connectivity index (χ4v) is 2.14. The lowest BCUT2D eigenvalue weighted by Gasteiger charge is -2.06. The number of nitrogens with zero attached hydrogens (tertiary/aromatic N) is 1. The Morgan fingerprint density at radius 2 is 2.18 bits per heavy atom. The number of nitrogens with two attached hydrogens (primary N) is 1. The van der Waals surface area contributed by atoms with Crippen molar-refractivity contribution in [3.63, 3.8) is 0 Å². The van der Waals surface area contributed by atoms with Crippen molar-refractivity contribution in [3.8, 4) is 0 Å². The largest absolute Gasteiger partial charge is 0.382 e. The lowest BCUT2D eigenvalue weighted by molar-refractivity contribution is 0.142. The molecule has 0 aliphatic heterocycles. The first-order chi connectivity index (χ1) is 8.36. The highest BCUT2D eigenvalue weighted by molar-refractivity contribution is 5.83. The standard InChI is InChI=1S/C14H20N2O/c1-2-17-10-4-8-16-9-7-13-12(11-15)5-3-6-14(13)16/h3,5-7,9H,2,4,8,10-11,15H2,1H3. The highest BCUT2D eigenvalue weighted by atomic mass is 16.5. The fraction of sp³-hybridized carbons (Fsp3) is 0.429. The minimum absolute atomic E-state index is 0.598. The number of aromatic nitrogens is 1. The Morgan fingerprint density at radius 1 is 1.29 bits per heavy atom. The highest BCUT2D eigenvalue weighted by Crippen LogP contribution is 2.20. The molecule has 0 aliphatic rings. The summed E-state index contributed by atoms with van der Waals surface area (Å²) in [5, 5.41) is 1.27. The molecule has 0 unspecified atom stereocenters. The Kier molecular flexibility index (Phi) is 4.18. The summed E-state index contributed by atoms with van der Waals surface area (Å²) in [6.45, 7) is 5.24. The van der Waals surface area contributed by atoms with Crippen LogP contribution in [0.25, 0.3) is 10.9 Å². The lowest BCUT2D eigenvalue weighted by atomic mass is 10.1. The van der Waals surface area contributed by atoms with Crippen molar-refractivity contribution >= 4 is 10.9 Å². The van der Waals surface area contributed by atoms with Crippen molar-refractivity contribution in [2.24, 2.45) is 5.73 Å². The summed E-state index contributed by atoms with van der Waals surface area (Å²) in [4.78, 5) is 0. The molecule has 0 aliphatic carbocycles. The Balaban J connectivity index is 2.13. The van der Waals surface area contributed by atoms with Gasteiger partial charge in [-0.1, -0.05) is 12.1 Å². The molecule has 0 bridgehead atoms. The number of rotatable bonds is 6. The molecule has 92 valence electrons. The van der Waals surface area contributed by atoms with Crippen molar-refractivity contribution in [3.05, 3.63) is 36.0 Å². The van der Waals surface area contributed by atoms with Crippen LogP contribution in [-0.2, 0) is 17.8 Å². The molecule has 2 aromatic rings. The van der Waals surface area contributed by atoms with Gasteiger partial charge in [0.05, 0.1) is 0 Å². The zero-order chi connectivity index (χ0) is 12.1. The molecule has 1 aromatic heterocycles. The predicted octanol–water partition coefficient (Wildman–Crippen LogP) is 2.53. The molecule has 17 heavy (non-hydrogen) atoms. The van der Waals surface area contributed by atoms with Crippen LogP contribution in [0.4, 0.5) is 0 Å². The maximum atomic E-state index is 5.74. The third-order valence-corrected chi connectivity index (χ3v) is 3.02. The average molecular weight is 232 g/mol. The Hall–Kier alpha value is -1.32. The van der Waals surface area contributed by atoms with Crippen LogP contribution < -0.4 is 5.73 Å². The van der Waals surface area contributed by atoms with Crippen LogP contribution in [-0.4, -0.2) is 17.8 Å². The molecule has 0 atom stereocenters. The van der Waals surface area contributed by atoms with E-state index in [2.05, 4.69) is 35.0 Å². The molecule has 1 aromatic carbocycles. The Morgan fingerprint density at radius 3 is 2.94 bits per heavy atom. The SMILES string of the molecule is CCOCCCn1ccc2c(CN)cccc21. The van der Waals surface area contributed by atoms with E-state index >= 15 is 0 Å². The molecular formula is C14H20N2O. The normalized spacial score (nSPS) is 11.2. The van der Waals surface area contributed by atoms with Crippen LogP contribution in [0.3, 0.4) is 0 Å². The van der Waals surface area contributed by atoms with E-state index in [9.17, 15) is 0 Å². The van der Waals surface area contributed by atoms with Gasteiger partial charge in [-0.15, -0.1) is 0 Å². The first-order valence-electron chi connectivity index (χ1n) is 6.21. The van der Waals surface area contributed by atoms with Crippen molar-refractivity contribution in [1.82, 2.24) is 4.57 Å². The van der Waals surface area contributed by atoms with E-state index in [0.29, 0.717) is 6.54 Å². The van der Waals surface area contributed by atoms with Gasteiger partial charge >= 0.3 is 0 Å². The molecule has 0 radical (unpaired) electrons. The second kappa shape index (κ2) is 5.84. The minimum Gasteiger partial charge on any atom is -0.382 e.